The van der Waals surface area contributed by atoms with Crippen LogP contribution in [0.25, 0.3) is 0 Å². The number of urea groups is 1. The van der Waals surface area contributed by atoms with Crippen LogP contribution < -0.4 is 20.3 Å². The van der Waals surface area contributed by atoms with Gasteiger partial charge in [0.15, 0.2) is 0 Å². The molecule has 1 aromatic rings. The summed E-state index contributed by atoms with van der Waals surface area (Å²) in [6.45, 7) is 3.86. The number of amides is 4. The van der Waals surface area contributed by atoms with E-state index in [1.807, 2.05) is 4.90 Å². The number of hydrogen-bond acceptors (Lipinski definition) is 5. The summed E-state index contributed by atoms with van der Waals surface area (Å²) in [6, 6.07) is 4.62. The third kappa shape index (κ3) is 3.25. The van der Waals surface area contributed by atoms with E-state index in [2.05, 4.69) is 10.6 Å². The fourth-order valence-electron chi connectivity index (χ4n) is 4.03. The van der Waals surface area contributed by atoms with Gasteiger partial charge in [-0.3, -0.25) is 19.8 Å². The summed E-state index contributed by atoms with van der Waals surface area (Å²) in [4.78, 5) is 39.9. The molecule has 0 radical (unpaired) electrons. The van der Waals surface area contributed by atoms with E-state index in [1.54, 1.807) is 18.2 Å². The fourth-order valence-corrected chi connectivity index (χ4v) is 4.03. The van der Waals surface area contributed by atoms with Crippen molar-refractivity contribution in [1.82, 2.24) is 15.5 Å². The van der Waals surface area contributed by atoms with Crippen LogP contribution in [0.4, 0.5) is 10.5 Å². The van der Waals surface area contributed by atoms with E-state index in [0.29, 0.717) is 22.4 Å². The van der Waals surface area contributed by atoms with Crippen LogP contribution in [-0.4, -0.2) is 62.6 Å². The van der Waals surface area contributed by atoms with Crippen LogP contribution in [0.5, 0.6) is 5.75 Å². The largest absolute Gasteiger partial charge is 0.495 e. The van der Waals surface area contributed by atoms with Gasteiger partial charge in [0.1, 0.15) is 5.75 Å². The second-order valence-corrected chi connectivity index (χ2v) is 7.54. The SMILES string of the molecule is COc1ccc(C(=O)N2CCC3(CC2)CNC3)cc1N1CCC(=O)NC1=O. The minimum absolute atomic E-state index is 0.0328. The molecule has 1 aromatic carbocycles. The summed E-state index contributed by atoms with van der Waals surface area (Å²) >= 11 is 0. The Morgan fingerprint density at radius 1 is 1.15 bits per heavy atom. The lowest BCUT2D eigenvalue weighted by Crippen LogP contribution is -2.58. The van der Waals surface area contributed by atoms with Crippen LogP contribution in [-0.2, 0) is 4.79 Å². The normalized spacial score (nSPS) is 21.7. The first-order chi connectivity index (χ1) is 13.0. The molecule has 4 rings (SSSR count). The van der Waals surface area contributed by atoms with Crippen molar-refractivity contribution in [2.24, 2.45) is 5.41 Å². The molecule has 0 aliphatic carbocycles. The fraction of sp³-hybridized carbons (Fsp3) is 0.526. The highest BCUT2D eigenvalue weighted by Gasteiger charge is 2.40. The molecule has 0 bridgehead atoms. The number of nitrogens with zero attached hydrogens (tertiary/aromatic N) is 2. The van der Waals surface area contributed by atoms with Crippen molar-refractivity contribution >= 4 is 23.5 Å². The molecule has 3 aliphatic heterocycles. The molecule has 3 heterocycles. The quantitative estimate of drug-likeness (QED) is 0.825. The molecule has 3 fully saturated rings. The molecule has 0 atom stereocenters. The first kappa shape index (κ1) is 17.8. The number of rotatable bonds is 3. The summed E-state index contributed by atoms with van der Waals surface area (Å²) in [5, 5.41) is 5.63. The highest BCUT2D eigenvalue weighted by molar-refractivity contribution is 6.07. The van der Waals surface area contributed by atoms with Gasteiger partial charge < -0.3 is 15.0 Å². The van der Waals surface area contributed by atoms with Crippen LogP contribution in [0.15, 0.2) is 18.2 Å². The molecule has 0 unspecified atom stereocenters. The number of likely N-dealkylation sites (tertiary alicyclic amines) is 1. The monoisotopic (exact) mass is 372 g/mol. The molecule has 3 saturated heterocycles. The van der Waals surface area contributed by atoms with Crippen LogP contribution >= 0.6 is 0 Å². The van der Waals surface area contributed by atoms with Gasteiger partial charge in [0.25, 0.3) is 5.91 Å². The topological polar surface area (TPSA) is 91.0 Å². The van der Waals surface area contributed by atoms with Crippen molar-refractivity contribution in [3.8, 4) is 5.75 Å². The predicted molar refractivity (Wildman–Crippen MR) is 98.9 cm³/mol. The molecule has 4 amide bonds. The van der Waals surface area contributed by atoms with Crippen molar-refractivity contribution in [3.63, 3.8) is 0 Å². The lowest BCUT2D eigenvalue weighted by Gasteiger charge is -2.48. The van der Waals surface area contributed by atoms with E-state index >= 15 is 0 Å². The number of piperidine rings is 1. The van der Waals surface area contributed by atoms with Crippen molar-refractivity contribution in [2.45, 2.75) is 19.3 Å². The molecular weight excluding hydrogens is 348 g/mol. The highest BCUT2D eigenvalue weighted by atomic mass is 16.5. The van der Waals surface area contributed by atoms with Gasteiger partial charge >= 0.3 is 6.03 Å². The number of imide groups is 1. The van der Waals surface area contributed by atoms with E-state index in [-0.39, 0.29) is 24.8 Å². The van der Waals surface area contributed by atoms with Crippen molar-refractivity contribution in [2.75, 3.05) is 44.7 Å². The molecule has 2 N–H and O–H groups in total. The Morgan fingerprint density at radius 2 is 1.89 bits per heavy atom. The summed E-state index contributed by atoms with van der Waals surface area (Å²) in [5.74, 6) is 0.166. The lowest BCUT2D eigenvalue weighted by molar-refractivity contribution is -0.120. The van der Waals surface area contributed by atoms with Gasteiger partial charge in [0.2, 0.25) is 5.91 Å². The van der Waals surface area contributed by atoms with Gasteiger partial charge in [-0.15, -0.1) is 0 Å². The van der Waals surface area contributed by atoms with Gasteiger partial charge in [-0.25, -0.2) is 4.79 Å². The van der Waals surface area contributed by atoms with Crippen molar-refractivity contribution < 1.29 is 19.1 Å². The maximum absolute atomic E-state index is 13.0. The predicted octanol–water partition coefficient (Wildman–Crippen LogP) is 0.967. The third-order valence-corrected chi connectivity index (χ3v) is 5.88. The zero-order valence-electron chi connectivity index (χ0n) is 15.4. The average Bonchev–Trinajstić information content (AvgIpc) is 2.66. The van der Waals surface area contributed by atoms with Crippen LogP contribution in [0.1, 0.15) is 29.6 Å². The van der Waals surface area contributed by atoms with Crippen LogP contribution in [0.3, 0.4) is 0 Å². The molecule has 27 heavy (non-hydrogen) atoms. The standard InChI is InChI=1S/C19H24N4O4/c1-27-15-3-2-13(10-14(15)23-7-4-16(24)21-18(23)26)17(25)22-8-5-19(6-9-22)11-20-12-19/h2-3,10,20H,4-9,11-12H2,1H3,(H,21,24,26). The van der Waals surface area contributed by atoms with E-state index in [9.17, 15) is 14.4 Å². The second-order valence-electron chi connectivity index (χ2n) is 7.54. The summed E-state index contributed by atoms with van der Waals surface area (Å²) in [5.41, 5.74) is 1.41. The number of nitrogens with one attached hydrogen (secondary N) is 2. The summed E-state index contributed by atoms with van der Waals surface area (Å²) in [6.07, 6.45) is 2.26. The van der Waals surface area contributed by atoms with Gasteiger partial charge in [-0.2, -0.15) is 0 Å². The molecular formula is C19H24N4O4. The zero-order chi connectivity index (χ0) is 19.0. The Hall–Kier alpha value is -2.61. The lowest BCUT2D eigenvalue weighted by atomic mass is 9.73. The van der Waals surface area contributed by atoms with Gasteiger partial charge in [0.05, 0.1) is 12.8 Å². The molecule has 0 saturated carbocycles. The Morgan fingerprint density at radius 3 is 2.48 bits per heavy atom. The first-order valence-electron chi connectivity index (χ1n) is 9.31. The molecule has 3 aliphatic rings. The average molecular weight is 372 g/mol. The maximum Gasteiger partial charge on any atom is 0.328 e. The Balaban J connectivity index is 1.54. The van der Waals surface area contributed by atoms with Crippen LogP contribution in [0, 0.1) is 5.41 Å². The summed E-state index contributed by atoms with van der Waals surface area (Å²) < 4.78 is 5.36. The number of benzene rings is 1. The summed E-state index contributed by atoms with van der Waals surface area (Å²) in [7, 11) is 1.52. The van der Waals surface area contributed by atoms with Gasteiger partial charge in [-0.05, 0) is 36.5 Å². The Kier molecular flexibility index (Phi) is 4.51. The van der Waals surface area contributed by atoms with Crippen molar-refractivity contribution in [3.05, 3.63) is 23.8 Å². The molecule has 0 aromatic heterocycles. The van der Waals surface area contributed by atoms with Crippen molar-refractivity contribution in [1.29, 1.82) is 0 Å². The van der Waals surface area contributed by atoms with E-state index in [1.165, 1.54) is 12.0 Å². The van der Waals surface area contributed by atoms with Gasteiger partial charge in [-0.1, -0.05) is 0 Å². The van der Waals surface area contributed by atoms with Gasteiger partial charge in [0, 0.05) is 44.7 Å². The van der Waals surface area contributed by atoms with Crippen LogP contribution in [0.2, 0.25) is 0 Å². The number of hydrogen-bond donors (Lipinski definition) is 2. The minimum atomic E-state index is -0.494. The molecule has 144 valence electrons. The number of ether oxygens (including phenoxy) is 1. The number of anilines is 1. The molecule has 8 heteroatoms. The number of carbonyl (C=O) groups is 3. The third-order valence-electron chi connectivity index (χ3n) is 5.88. The number of carbonyl (C=O) groups excluding carboxylic acids is 3. The first-order valence-corrected chi connectivity index (χ1v) is 9.31. The Bertz CT molecular complexity index is 780. The number of methoxy groups -OCH3 is 1. The van der Waals surface area contributed by atoms with E-state index in [0.717, 1.165) is 39.0 Å². The van der Waals surface area contributed by atoms with E-state index < -0.39 is 6.03 Å². The molecule has 1 spiro atoms. The zero-order valence-corrected chi connectivity index (χ0v) is 15.4. The maximum atomic E-state index is 13.0. The molecule has 8 nitrogen and oxygen atoms in total. The smallest absolute Gasteiger partial charge is 0.328 e. The highest BCUT2D eigenvalue weighted by Crippen LogP contribution is 2.36. The minimum Gasteiger partial charge on any atom is -0.495 e. The Labute approximate surface area is 157 Å². The second kappa shape index (κ2) is 6.84. The van der Waals surface area contributed by atoms with E-state index in [4.69, 9.17) is 4.74 Å².